The maximum atomic E-state index is 12.3. The van der Waals surface area contributed by atoms with E-state index < -0.39 is 17.3 Å². The average Bonchev–Trinajstić information content (AvgIpc) is 3.17. The third-order valence-corrected chi connectivity index (χ3v) is 4.00. The van der Waals surface area contributed by atoms with Crippen LogP contribution in [0.3, 0.4) is 0 Å². The van der Waals surface area contributed by atoms with Gasteiger partial charge in [0, 0.05) is 24.7 Å². The van der Waals surface area contributed by atoms with Crippen molar-refractivity contribution in [2.24, 2.45) is 5.41 Å². The summed E-state index contributed by atoms with van der Waals surface area (Å²) < 4.78 is 1.78. The van der Waals surface area contributed by atoms with Gasteiger partial charge in [-0.15, -0.1) is 0 Å². The van der Waals surface area contributed by atoms with Crippen molar-refractivity contribution in [1.82, 2.24) is 15.1 Å². The molecule has 1 aliphatic carbocycles. The third-order valence-electron chi connectivity index (χ3n) is 4.00. The molecule has 2 rings (SSSR count). The number of aryl methyl sites for hydroxylation is 2. The number of aromatic nitrogens is 2. The van der Waals surface area contributed by atoms with Gasteiger partial charge in [0.25, 0.3) is 0 Å². The van der Waals surface area contributed by atoms with E-state index in [9.17, 15) is 14.7 Å². The van der Waals surface area contributed by atoms with Gasteiger partial charge in [-0.1, -0.05) is 6.92 Å². The van der Waals surface area contributed by atoms with E-state index in [1.807, 2.05) is 19.9 Å². The zero-order valence-electron chi connectivity index (χ0n) is 12.8. The highest BCUT2D eigenvalue weighted by atomic mass is 16.4. The van der Waals surface area contributed by atoms with Gasteiger partial charge in [-0.25, -0.2) is 0 Å². The molecule has 0 aromatic carbocycles. The van der Waals surface area contributed by atoms with Crippen LogP contribution in [0.2, 0.25) is 0 Å². The lowest BCUT2D eigenvalue weighted by Gasteiger charge is -2.24. The molecule has 1 heterocycles. The number of hydrogen-bond donors (Lipinski definition) is 2. The van der Waals surface area contributed by atoms with E-state index >= 15 is 0 Å². The number of amides is 1. The Kier molecular flexibility index (Phi) is 4.34. The van der Waals surface area contributed by atoms with Gasteiger partial charge in [-0.3, -0.25) is 14.3 Å². The quantitative estimate of drug-likeness (QED) is 0.744. The molecule has 1 aliphatic rings. The number of carboxylic acids is 1. The Morgan fingerprint density at radius 3 is 2.62 bits per heavy atom. The summed E-state index contributed by atoms with van der Waals surface area (Å²) in [5, 5.41) is 16.8. The minimum atomic E-state index is -1.46. The molecule has 0 radical (unpaired) electrons. The topological polar surface area (TPSA) is 84.2 Å². The Hall–Kier alpha value is -1.85. The number of carbonyl (C=O) groups excluding carboxylic acids is 1. The Labute approximate surface area is 124 Å². The summed E-state index contributed by atoms with van der Waals surface area (Å²) in [7, 11) is 0. The summed E-state index contributed by atoms with van der Waals surface area (Å²) in [5.41, 5.74) is 0.257. The zero-order chi connectivity index (χ0) is 15.6. The minimum absolute atomic E-state index is 0.151. The predicted octanol–water partition coefficient (Wildman–Crippen LogP) is 1.38. The Bertz CT molecular complexity index is 548. The van der Waals surface area contributed by atoms with Gasteiger partial charge < -0.3 is 10.4 Å². The fourth-order valence-corrected chi connectivity index (χ4v) is 2.29. The maximum absolute atomic E-state index is 12.3. The molecule has 0 saturated heterocycles. The molecule has 0 spiro atoms. The van der Waals surface area contributed by atoms with Gasteiger partial charge in [0.05, 0.1) is 5.69 Å². The van der Waals surface area contributed by atoms with Gasteiger partial charge in [-0.05, 0) is 39.2 Å². The van der Waals surface area contributed by atoms with E-state index in [0.717, 1.165) is 30.7 Å². The molecule has 0 aliphatic heterocycles. The lowest BCUT2D eigenvalue weighted by atomic mass is 9.84. The number of aliphatic carboxylic acids is 1. The first-order valence-corrected chi connectivity index (χ1v) is 7.50. The van der Waals surface area contributed by atoms with E-state index in [-0.39, 0.29) is 12.5 Å². The van der Waals surface area contributed by atoms with Crippen LogP contribution in [0.15, 0.2) is 6.07 Å². The summed E-state index contributed by atoms with van der Waals surface area (Å²) in [4.78, 5) is 24.0. The maximum Gasteiger partial charge on any atom is 0.319 e. The van der Waals surface area contributed by atoms with E-state index in [4.69, 9.17) is 0 Å². The monoisotopic (exact) mass is 293 g/mol. The van der Waals surface area contributed by atoms with Crippen molar-refractivity contribution in [1.29, 1.82) is 0 Å². The minimum Gasteiger partial charge on any atom is -0.480 e. The van der Waals surface area contributed by atoms with Crippen LogP contribution in [0, 0.1) is 5.41 Å². The van der Waals surface area contributed by atoms with E-state index in [0.29, 0.717) is 6.54 Å². The summed E-state index contributed by atoms with van der Waals surface area (Å²) in [5.74, 6) is -1.50. The second-order valence-electron chi connectivity index (χ2n) is 5.86. The lowest BCUT2D eigenvalue weighted by Crippen LogP contribution is -2.47. The molecule has 6 nitrogen and oxygen atoms in total. The molecule has 6 heteroatoms. The summed E-state index contributed by atoms with van der Waals surface area (Å²) in [6.07, 6.45) is 2.82. The first-order valence-electron chi connectivity index (χ1n) is 7.50. The van der Waals surface area contributed by atoms with Gasteiger partial charge in [0.2, 0.25) is 5.91 Å². The average molecular weight is 293 g/mol. The predicted molar refractivity (Wildman–Crippen MR) is 77.9 cm³/mol. The number of hydrogen-bond acceptors (Lipinski definition) is 3. The molecule has 0 bridgehead atoms. The van der Waals surface area contributed by atoms with Crippen molar-refractivity contribution in [3.05, 3.63) is 17.5 Å². The molecule has 2 N–H and O–H groups in total. The van der Waals surface area contributed by atoms with E-state index in [2.05, 4.69) is 10.4 Å². The molecule has 1 unspecified atom stereocenters. The van der Waals surface area contributed by atoms with Crippen LogP contribution in [0.1, 0.15) is 45.0 Å². The summed E-state index contributed by atoms with van der Waals surface area (Å²) in [6, 6.07) is 2.05. The van der Waals surface area contributed by atoms with Gasteiger partial charge in [0.15, 0.2) is 0 Å². The van der Waals surface area contributed by atoms with Crippen molar-refractivity contribution in [3.63, 3.8) is 0 Å². The Balaban J connectivity index is 2.24. The second-order valence-corrected chi connectivity index (χ2v) is 5.86. The van der Waals surface area contributed by atoms with Gasteiger partial charge in [-0.2, -0.15) is 5.10 Å². The fraction of sp³-hybridized carbons (Fsp3) is 0.667. The van der Waals surface area contributed by atoms with Crippen LogP contribution in [0.5, 0.6) is 0 Å². The van der Waals surface area contributed by atoms with Crippen molar-refractivity contribution in [2.75, 3.05) is 0 Å². The Morgan fingerprint density at radius 2 is 2.14 bits per heavy atom. The highest BCUT2D eigenvalue weighted by molar-refractivity contribution is 6.01. The van der Waals surface area contributed by atoms with Crippen LogP contribution >= 0.6 is 0 Å². The second kappa shape index (κ2) is 5.87. The number of nitrogens with zero attached hydrogens (tertiary/aromatic N) is 2. The molecule has 1 amide bonds. The van der Waals surface area contributed by atoms with Gasteiger partial charge in [0.1, 0.15) is 5.41 Å². The van der Waals surface area contributed by atoms with Crippen LogP contribution in [-0.4, -0.2) is 32.8 Å². The SMILES string of the molecule is CCc1cc(CC(C)(C(=O)O)C(=O)NC2CC2)n(CC)n1. The molecule has 1 fully saturated rings. The highest BCUT2D eigenvalue weighted by Crippen LogP contribution is 2.27. The van der Waals surface area contributed by atoms with Gasteiger partial charge >= 0.3 is 5.97 Å². The molecule has 1 atom stereocenters. The van der Waals surface area contributed by atoms with Crippen LogP contribution in [-0.2, 0) is 29.0 Å². The smallest absolute Gasteiger partial charge is 0.319 e. The van der Waals surface area contributed by atoms with Crippen molar-refractivity contribution in [3.8, 4) is 0 Å². The van der Waals surface area contributed by atoms with Crippen LogP contribution in [0.4, 0.5) is 0 Å². The van der Waals surface area contributed by atoms with E-state index in [1.54, 1.807) is 4.68 Å². The first-order chi connectivity index (χ1) is 9.90. The van der Waals surface area contributed by atoms with E-state index in [1.165, 1.54) is 6.92 Å². The fourth-order valence-electron chi connectivity index (χ4n) is 2.29. The van der Waals surface area contributed by atoms with Crippen LogP contribution in [0.25, 0.3) is 0 Å². The summed E-state index contributed by atoms with van der Waals surface area (Å²) in [6.45, 7) is 6.11. The zero-order valence-corrected chi connectivity index (χ0v) is 12.8. The standard InChI is InChI=1S/C15H23N3O3/c1-4-10-8-12(18(5-2)17-10)9-15(3,14(20)21)13(19)16-11-6-7-11/h8,11H,4-7,9H2,1-3H3,(H,16,19)(H,20,21). The Morgan fingerprint density at radius 1 is 1.48 bits per heavy atom. The van der Waals surface area contributed by atoms with Crippen molar-refractivity contribution >= 4 is 11.9 Å². The molecule has 116 valence electrons. The number of carboxylic acid groups (broad SMARTS) is 1. The normalized spacial score (nSPS) is 17.3. The van der Waals surface area contributed by atoms with Crippen molar-refractivity contribution < 1.29 is 14.7 Å². The lowest BCUT2D eigenvalue weighted by molar-refractivity contribution is -0.154. The third kappa shape index (κ3) is 3.25. The molecule has 1 saturated carbocycles. The van der Waals surface area contributed by atoms with Crippen molar-refractivity contribution in [2.45, 2.75) is 59.0 Å². The first kappa shape index (κ1) is 15.5. The summed E-state index contributed by atoms with van der Waals surface area (Å²) >= 11 is 0. The molecular formula is C15H23N3O3. The molecule has 21 heavy (non-hydrogen) atoms. The highest BCUT2D eigenvalue weighted by Gasteiger charge is 2.44. The largest absolute Gasteiger partial charge is 0.480 e. The number of rotatable bonds is 7. The number of nitrogens with one attached hydrogen (secondary N) is 1. The molecular weight excluding hydrogens is 270 g/mol. The molecule has 1 aromatic heterocycles. The molecule has 1 aromatic rings. The van der Waals surface area contributed by atoms with Crippen LogP contribution < -0.4 is 5.32 Å². The number of carbonyl (C=O) groups is 2.